The number of hydrogen-bond donors (Lipinski definition) is 9. The molecule has 0 aromatic carbocycles. The van der Waals surface area contributed by atoms with Crippen molar-refractivity contribution in [2.75, 3.05) is 25.6 Å². The van der Waals surface area contributed by atoms with E-state index in [1.54, 1.807) is 0 Å². The lowest BCUT2D eigenvalue weighted by atomic mass is 10.2. The van der Waals surface area contributed by atoms with Crippen molar-refractivity contribution >= 4 is 36.3 Å². The zero-order valence-electron chi connectivity index (χ0n) is 13.1. The molecule has 9 N–H and O–H groups in total. The van der Waals surface area contributed by atoms with Gasteiger partial charge in [-0.1, -0.05) is 0 Å². The second-order valence-electron chi connectivity index (χ2n) is 4.86. The molecule has 0 bridgehead atoms. The molecule has 144 valence electrons. The van der Waals surface area contributed by atoms with Gasteiger partial charge in [0, 0.05) is 5.75 Å². The maximum Gasteiger partial charge on any atom is 0.327 e. The second kappa shape index (κ2) is 11.6. The van der Waals surface area contributed by atoms with Gasteiger partial charge in [-0.05, 0) is 0 Å². The quantitative estimate of drug-likeness (QED) is 0.156. The summed E-state index contributed by atoms with van der Waals surface area (Å²) >= 11 is 3.75. The van der Waals surface area contributed by atoms with Gasteiger partial charge in [-0.2, -0.15) is 12.6 Å². The summed E-state index contributed by atoms with van der Waals surface area (Å²) in [6.07, 6.45) is 0. The van der Waals surface area contributed by atoms with Crippen LogP contribution in [0.2, 0.25) is 0 Å². The minimum atomic E-state index is -1.52. The molecule has 13 heteroatoms. The van der Waals surface area contributed by atoms with E-state index >= 15 is 0 Å². The van der Waals surface area contributed by atoms with Gasteiger partial charge in [0.1, 0.15) is 24.2 Å². The van der Waals surface area contributed by atoms with Crippen molar-refractivity contribution in [3.63, 3.8) is 0 Å². The van der Waals surface area contributed by atoms with Crippen LogP contribution in [0.1, 0.15) is 0 Å². The molecule has 0 heterocycles. The summed E-state index contributed by atoms with van der Waals surface area (Å²) in [5, 5.41) is 42.1. The summed E-state index contributed by atoms with van der Waals surface area (Å²) in [7, 11) is 0. The lowest BCUT2D eigenvalue weighted by Gasteiger charge is -2.22. The van der Waals surface area contributed by atoms with Gasteiger partial charge in [0.05, 0.1) is 19.8 Å². The number of aliphatic carboxylic acids is 1. The van der Waals surface area contributed by atoms with Gasteiger partial charge < -0.3 is 42.1 Å². The number of amides is 3. The highest BCUT2D eigenvalue weighted by Crippen LogP contribution is 1.94. The van der Waals surface area contributed by atoms with Crippen LogP contribution < -0.4 is 21.7 Å². The molecule has 0 rings (SSSR count). The molecule has 0 aromatic rings. The van der Waals surface area contributed by atoms with Crippen LogP contribution in [0.5, 0.6) is 0 Å². The average molecular weight is 382 g/mol. The van der Waals surface area contributed by atoms with E-state index in [2.05, 4.69) is 28.6 Å². The summed E-state index contributed by atoms with van der Waals surface area (Å²) in [6, 6.07) is -5.66. The first-order valence-electron chi connectivity index (χ1n) is 7.04. The van der Waals surface area contributed by atoms with Crippen LogP contribution >= 0.6 is 12.6 Å². The summed E-state index contributed by atoms with van der Waals surface area (Å²) in [4.78, 5) is 46.2. The van der Waals surface area contributed by atoms with E-state index in [0.29, 0.717) is 0 Å². The molecular weight excluding hydrogens is 360 g/mol. The maximum atomic E-state index is 12.0. The molecule has 0 unspecified atom stereocenters. The Labute approximate surface area is 148 Å². The zero-order chi connectivity index (χ0) is 19.6. The number of hydrogen-bond acceptors (Lipinski definition) is 9. The third-order valence-corrected chi connectivity index (χ3v) is 3.33. The molecule has 0 aliphatic carbocycles. The van der Waals surface area contributed by atoms with Crippen molar-refractivity contribution in [2.24, 2.45) is 5.73 Å². The fourth-order valence-electron chi connectivity index (χ4n) is 1.48. The number of carbonyl (C=O) groups is 4. The first-order chi connectivity index (χ1) is 11.7. The number of thiol groups is 1. The van der Waals surface area contributed by atoms with Crippen LogP contribution in [-0.4, -0.2) is 93.9 Å². The molecule has 3 amide bonds. The van der Waals surface area contributed by atoms with E-state index in [-0.39, 0.29) is 5.75 Å². The van der Waals surface area contributed by atoms with Crippen molar-refractivity contribution in [2.45, 2.75) is 24.2 Å². The van der Waals surface area contributed by atoms with E-state index in [0.717, 1.165) is 0 Å². The lowest BCUT2D eigenvalue weighted by molar-refractivity contribution is -0.142. The fraction of sp³-hybridized carbons (Fsp3) is 0.667. The Morgan fingerprint density at radius 1 is 0.800 bits per heavy atom. The van der Waals surface area contributed by atoms with E-state index in [4.69, 9.17) is 21.1 Å². The maximum absolute atomic E-state index is 12.0. The highest BCUT2D eigenvalue weighted by molar-refractivity contribution is 7.80. The largest absolute Gasteiger partial charge is 0.480 e. The third kappa shape index (κ3) is 7.66. The number of carboxylic acids is 1. The molecule has 4 atom stereocenters. The van der Waals surface area contributed by atoms with Crippen LogP contribution in [-0.2, 0) is 19.2 Å². The number of nitrogens with one attached hydrogen (secondary N) is 3. The van der Waals surface area contributed by atoms with Gasteiger partial charge in [-0.3, -0.25) is 14.4 Å². The highest BCUT2D eigenvalue weighted by Gasteiger charge is 2.29. The molecule has 0 saturated heterocycles. The van der Waals surface area contributed by atoms with Gasteiger partial charge in [0.25, 0.3) is 0 Å². The molecule has 0 saturated carbocycles. The van der Waals surface area contributed by atoms with Crippen LogP contribution in [0.3, 0.4) is 0 Å². The van der Waals surface area contributed by atoms with Crippen LogP contribution in [0, 0.1) is 0 Å². The molecule has 25 heavy (non-hydrogen) atoms. The van der Waals surface area contributed by atoms with Gasteiger partial charge in [-0.15, -0.1) is 0 Å². The smallest absolute Gasteiger partial charge is 0.327 e. The number of carbonyl (C=O) groups excluding carboxylic acids is 3. The van der Waals surface area contributed by atoms with E-state index in [9.17, 15) is 24.3 Å². The number of rotatable bonds is 11. The van der Waals surface area contributed by atoms with Crippen LogP contribution in [0.15, 0.2) is 0 Å². The van der Waals surface area contributed by atoms with Gasteiger partial charge in [0.15, 0.2) is 0 Å². The Bertz CT molecular complexity index is 492. The Kier molecular flexibility index (Phi) is 10.7. The number of nitrogens with two attached hydrogens (primary N) is 1. The summed E-state index contributed by atoms with van der Waals surface area (Å²) in [5.41, 5.74) is 5.25. The molecule has 0 spiro atoms. The topological polar surface area (TPSA) is 211 Å². The molecule has 0 aromatic heterocycles. The van der Waals surface area contributed by atoms with Gasteiger partial charge in [0.2, 0.25) is 17.7 Å². The van der Waals surface area contributed by atoms with Crippen LogP contribution in [0.4, 0.5) is 0 Å². The van der Waals surface area contributed by atoms with Crippen molar-refractivity contribution in [1.82, 2.24) is 16.0 Å². The van der Waals surface area contributed by atoms with E-state index < -0.39 is 67.7 Å². The van der Waals surface area contributed by atoms with Gasteiger partial charge in [-0.25, -0.2) is 4.79 Å². The Morgan fingerprint density at radius 3 is 1.52 bits per heavy atom. The average Bonchev–Trinajstić information content (AvgIpc) is 2.59. The Morgan fingerprint density at radius 2 is 1.20 bits per heavy atom. The van der Waals surface area contributed by atoms with E-state index in [1.165, 1.54) is 0 Å². The second-order valence-corrected chi connectivity index (χ2v) is 5.22. The number of carboxylic acid groups (broad SMARTS) is 1. The first kappa shape index (κ1) is 23.1. The Balaban J connectivity index is 4.86. The molecule has 0 fully saturated rings. The van der Waals surface area contributed by atoms with Gasteiger partial charge >= 0.3 is 5.97 Å². The normalized spacial score (nSPS) is 15.4. The molecule has 0 radical (unpaired) electrons. The van der Waals surface area contributed by atoms with Crippen molar-refractivity contribution in [1.29, 1.82) is 0 Å². The third-order valence-electron chi connectivity index (χ3n) is 2.96. The van der Waals surface area contributed by atoms with E-state index in [1.807, 2.05) is 0 Å². The SMILES string of the molecule is N[C@@H](CO)C(=O)N[C@@H](CO)C(=O)N[C@@H](CO)C(=O)N[C@@H](CS)C(=O)O. The standard InChI is InChI=1S/C12H22N4O8S/c13-5(1-17)9(20)14-6(2-18)10(21)15-7(3-19)11(22)16-8(4-25)12(23)24/h5-8,17-19,25H,1-4,13H2,(H,14,20)(H,15,21)(H,16,22)(H,23,24)/t5-,6-,7-,8-/m0/s1. The summed E-state index contributed by atoms with van der Waals surface area (Å²) in [6.45, 7) is -2.39. The van der Waals surface area contributed by atoms with Crippen LogP contribution in [0.25, 0.3) is 0 Å². The molecule has 0 aliphatic heterocycles. The number of aliphatic hydroxyl groups excluding tert-OH is 3. The molecular formula is C12H22N4O8S. The minimum Gasteiger partial charge on any atom is -0.480 e. The highest BCUT2D eigenvalue weighted by atomic mass is 32.1. The lowest BCUT2D eigenvalue weighted by Crippen LogP contribution is -2.59. The van der Waals surface area contributed by atoms with Crippen molar-refractivity contribution in [3.8, 4) is 0 Å². The number of aliphatic hydroxyl groups is 3. The Hall–Kier alpha value is -1.93. The molecule has 0 aliphatic rings. The summed E-state index contributed by atoms with van der Waals surface area (Å²) in [5.74, 6) is -4.51. The molecule has 12 nitrogen and oxygen atoms in total. The van der Waals surface area contributed by atoms with Crippen molar-refractivity contribution in [3.05, 3.63) is 0 Å². The summed E-state index contributed by atoms with van der Waals surface area (Å²) < 4.78 is 0. The predicted molar refractivity (Wildman–Crippen MR) is 86.5 cm³/mol. The van der Waals surface area contributed by atoms with Crippen molar-refractivity contribution < 1.29 is 39.6 Å². The zero-order valence-corrected chi connectivity index (χ0v) is 14.0. The predicted octanol–water partition coefficient (Wildman–Crippen LogP) is -5.24. The monoisotopic (exact) mass is 382 g/mol. The first-order valence-corrected chi connectivity index (χ1v) is 7.67. The minimum absolute atomic E-state index is 0.221. The fourth-order valence-corrected chi connectivity index (χ4v) is 1.73.